The largest absolute Gasteiger partial charge is 0.490 e. The zero-order valence-corrected chi connectivity index (χ0v) is 12.7. The summed E-state index contributed by atoms with van der Waals surface area (Å²) < 4.78 is 5.59. The van der Waals surface area contributed by atoms with Crippen molar-refractivity contribution in [1.82, 2.24) is 4.90 Å². The molecule has 2 N–H and O–H groups in total. The molecule has 0 radical (unpaired) electrons. The second kappa shape index (κ2) is 7.47. The highest BCUT2D eigenvalue weighted by Crippen LogP contribution is 2.20. The number of amides is 2. The number of rotatable bonds is 5. The van der Waals surface area contributed by atoms with Crippen LogP contribution in [0.5, 0.6) is 5.75 Å². The molecular weight excluding hydrogens is 280 g/mol. The van der Waals surface area contributed by atoms with Gasteiger partial charge in [0, 0.05) is 25.8 Å². The minimum atomic E-state index is -0.693. The van der Waals surface area contributed by atoms with E-state index in [-0.39, 0.29) is 12.6 Å². The van der Waals surface area contributed by atoms with Gasteiger partial charge in [-0.05, 0) is 17.7 Å². The van der Waals surface area contributed by atoms with Crippen molar-refractivity contribution in [1.29, 1.82) is 0 Å². The number of benzene rings is 2. The quantitative estimate of drug-likeness (QED) is 0.892. The molecule has 1 unspecified atom stereocenters. The molecule has 0 aliphatic carbocycles. The van der Waals surface area contributed by atoms with Gasteiger partial charge in [0.15, 0.2) is 0 Å². The van der Waals surface area contributed by atoms with Crippen molar-refractivity contribution >= 4 is 11.7 Å². The number of ether oxygens (including phenoxy) is 1. The Kier molecular flexibility index (Phi) is 5.38. The molecule has 1 atom stereocenters. The van der Waals surface area contributed by atoms with Crippen LogP contribution in [0.3, 0.4) is 0 Å². The second-order valence-corrected chi connectivity index (χ2v) is 5.09. The summed E-state index contributed by atoms with van der Waals surface area (Å²) in [7, 11) is 3.35. The van der Waals surface area contributed by atoms with Crippen molar-refractivity contribution in [3.8, 4) is 5.75 Å². The van der Waals surface area contributed by atoms with E-state index in [4.69, 9.17) is 4.74 Å². The lowest BCUT2D eigenvalue weighted by atomic mass is 10.1. The van der Waals surface area contributed by atoms with Crippen LogP contribution >= 0.6 is 0 Å². The Bertz CT molecular complexity index is 614. The maximum absolute atomic E-state index is 11.6. The zero-order valence-electron chi connectivity index (χ0n) is 12.7. The summed E-state index contributed by atoms with van der Waals surface area (Å²) >= 11 is 0. The molecule has 2 aromatic rings. The van der Waals surface area contributed by atoms with Crippen LogP contribution in [-0.2, 0) is 0 Å². The third-order valence-electron chi connectivity index (χ3n) is 3.08. The molecule has 0 saturated carbocycles. The van der Waals surface area contributed by atoms with Gasteiger partial charge in [0.2, 0.25) is 0 Å². The fraction of sp³-hybridized carbons (Fsp3) is 0.235. The number of hydrogen-bond donors (Lipinski definition) is 2. The lowest BCUT2D eigenvalue weighted by molar-refractivity contribution is 0.108. The summed E-state index contributed by atoms with van der Waals surface area (Å²) in [5.74, 6) is 0.589. The molecule has 2 amide bonds. The first kappa shape index (κ1) is 15.9. The van der Waals surface area contributed by atoms with Crippen molar-refractivity contribution < 1.29 is 14.6 Å². The summed E-state index contributed by atoms with van der Waals surface area (Å²) in [5, 5.41) is 12.8. The first-order valence-corrected chi connectivity index (χ1v) is 7.00. The van der Waals surface area contributed by atoms with Gasteiger partial charge >= 0.3 is 6.03 Å². The van der Waals surface area contributed by atoms with Crippen LogP contribution in [0.1, 0.15) is 11.7 Å². The highest BCUT2D eigenvalue weighted by molar-refractivity contribution is 5.89. The maximum Gasteiger partial charge on any atom is 0.321 e. The Balaban J connectivity index is 1.94. The molecule has 5 heteroatoms. The third kappa shape index (κ3) is 4.49. The lowest BCUT2D eigenvalue weighted by Crippen LogP contribution is -2.27. The molecule has 2 rings (SSSR count). The Hall–Kier alpha value is -2.53. The van der Waals surface area contributed by atoms with E-state index in [9.17, 15) is 9.90 Å². The van der Waals surface area contributed by atoms with E-state index in [0.29, 0.717) is 11.4 Å². The van der Waals surface area contributed by atoms with Crippen LogP contribution in [0.2, 0.25) is 0 Å². The number of aliphatic hydroxyl groups excluding tert-OH is 1. The molecule has 5 nitrogen and oxygen atoms in total. The highest BCUT2D eigenvalue weighted by Gasteiger charge is 2.09. The van der Waals surface area contributed by atoms with Gasteiger partial charge in [-0.15, -0.1) is 0 Å². The van der Waals surface area contributed by atoms with Gasteiger partial charge in [0.05, 0.1) is 0 Å². The Morgan fingerprint density at radius 2 is 1.91 bits per heavy atom. The predicted octanol–water partition coefficient (Wildman–Crippen LogP) is 2.89. The third-order valence-corrected chi connectivity index (χ3v) is 3.08. The zero-order chi connectivity index (χ0) is 15.9. The van der Waals surface area contributed by atoms with Crippen LogP contribution < -0.4 is 10.1 Å². The van der Waals surface area contributed by atoms with Gasteiger partial charge in [-0.1, -0.05) is 36.4 Å². The Labute approximate surface area is 130 Å². The van der Waals surface area contributed by atoms with E-state index in [1.807, 2.05) is 30.3 Å². The number of hydrogen-bond acceptors (Lipinski definition) is 3. The normalized spacial score (nSPS) is 11.6. The van der Waals surface area contributed by atoms with E-state index in [1.165, 1.54) is 4.90 Å². The predicted molar refractivity (Wildman–Crippen MR) is 86.0 cm³/mol. The molecule has 116 valence electrons. The molecule has 0 aliphatic heterocycles. The van der Waals surface area contributed by atoms with Gasteiger partial charge in [0.1, 0.15) is 18.5 Å². The first-order valence-electron chi connectivity index (χ1n) is 7.00. The SMILES string of the molecule is CN(C)C(=O)Nc1cccc(OCC(O)c2ccccc2)c1. The Morgan fingerprint density at radius 3 is 2.59 bits per heavy atom. The molecule has 0 aliphatic rings. The fourth-order valence-electron chi connectivity index (χ4n) is 1.85. The standard InChI is InChI=1S/C17H20N2O3/c1-19(2)17(21)18-14-9-6-10-15(11-14)22-12-16(20)13-7-4-3-5-8-13/h3-11,16,20H,12H2,1-2H3,(H,18,21). The molecule has 22 heavy (non-hydrogen) atoms. The molecular formula is C17H20N2O3. The number of nitrogens with one attached hydrogen (secondary N) is 1. The molecule has 0 heterocycles. The van der Waals surface area contributed by atoms with Crippen molar-refractivity contribution in [2.24, 2.45) is 0 Å². The van der Waals surface area contributed by atoms with E-state index in [1.54, 1.807) is 38.4 Å². The first-order chi connectivity index (χ1) is 10.6. The van der Waals surface area contributed by atoms with E-state index < -0.39 is 6.10 Å². The van der Waals surface area contributed by atoms with E-state index in [2.05, 4.69) is 5.32 Å². The summed E-state index contributed by atoms with van der Waals surface area (Å²) in [5.41, 5.74) is 1.45. The molecule has 2 aromatic carbocycles. The molecule has 0 fully saturated rings. The Morgan fingerprint density at radius 1 is 1.18 bits per heavy atom. The van der Waals surface area contributed by atoms with Crippen molar-refractivity contribution in [2.45, 2.75) is 6.10 Å². The highest BCUT2D eigenvalue weighted by atomic mass is 16.5. The minimum Gasteiger partial charge on any atom is -0.490 e. The summed E-state index contributed by atoms with van der Waals surface area (Å²) in [4.78, 5) is 13.1. The van der Waals surface area contributed by atoms with Crippen molar-refractivity contribution in [3.05, 3.63) is 60.2 Å². The maximum atomic E-state index is 11.6. The summed E-state index contributed by atoms with van der Waals surface area (Å²) in [6.07, 6.45) is -0.693. The van der Waals surface area contributed by atoms with Crippen LogP contribution in [0, 0.1) is 0 Å². The number of carbonyl (C=O) groups is 1. The van der Waals surface area contributed by atoms with Crippen LogP contribution in [0.25, 0.3) is 0 Å². The van der Waals surface area contributed by atoms with Gasteiger partial charge in [-0.3, -0.25) is 0 Å². The summed E-state index contributed by atoms with van der Waals surface area (Å²) in [6, 6.07) is 16.2. The number of aliphatic hydroxyl groups is 1. The molecule has 0 saturated heterocycles. The number of anilines is 1. The topological polar surface area (TPSA) is 61.8 Å². The van der Waals surface area contributed by atoms with Crippen molar-refractivity contribution in [2.75, 3.05) is 26.0 Å². The number of carbonyl (C=O) groups excluding carboxylic acids is 1. The van der Waals surface area contributed by atoms with E-state index >= 15 is 0 Å². The fourth-order valence-corrected chi connectivity index (χ4v) is 1.85. The van der Waals surface area contributed by atoms with Crippen LogP contribution in [0.15, 0.2) is 54.6 Å². The molecule has 0 bridgehead atoms. The van der Waals surface area contributed by atoms with E-state index in [0.717, 1.165) is 5.56 Å². The second-order valence-electron chi connectivity index (χ2n) is 5.09. The molecule has 0 spiro atoms. The van der Waals surface area contributed by atoms with Gasteiger partial charge in [-0.2, -0.15) is 0 Å². The smallest absolute Gasteiger partial charge is 0.321 e. The van der Waals surface area contributed by atoms with Gasteiger partial charge in [0.25, 0.3) is 0 Å². The van der Waals surface area contributed by atoms with Gasteiger partial charge in [-0.25, -0.2) is 4.79 Å². The lowest BCUT2D eigenvalue weighted by Gasteiger charge is -2.15. The van der Waals surface area contributed by atoms with Crippen molar-refractivity contribution in [3.63, 3.8) is 0 Å². The summed E-state index contributed by atoms with van der Waals surface area (Å²) in [6.45, 7) is 0.148. The molecule has 0 aromatic heterocycles. The average molecular weight is 300 g/mol. The van der Waals surface area contributed by atoms with Crippen LogP contribution in [-0.4, -0.2) is 36.7 Å². The monoisotopic (exact) mass is 300 g/mol. The number of nitrogens with zero attached hydrogens (tertiary/aromatic N) is 1. The van der Waals surface area contributed by atoms with Crippen LogP contribution in [0.4, 0.5) is 10.5 Å². The van der Waals surface area contributed by atoms with Gasteiger partial charge < -0.3 is 20.1 Å². The minimum absolute atomic E-state index is 0.148. The average Bonchev–Trinajstić information content (AvgIpc) is 2.53. The number of urea groups is 1.